The number of nitrogens with zero attached hydrogens (tertiary/aromatic N) is 1. The Hall–Kier alpha value is -2.12. The Labute approximate surface area is 163 Å². The molecule has 0 saturated heterocycles. The highest BCUT2D eigenvalue weighted by Gasteiger charge is 2.46. The first kappa shape index (κ1) is 19.6. The van der Waals surface area contributed by atoms with Crippen molar-refractivity contribution in [2.75, 3.05) is 17.3 Å². The number of carbonyl (C=O) groups excluding carboxylic acids is 1. The maximum Gasteiger partial charge on any atom is 0.250 e. The SMILES string of the molecule is CS(=O)(=O)CC1(CC(=O)Nc2ccc(=O)n(Cc3ccccc3Cl)c2)CC1. The van der Waals surface area contributed by atoms with Gasteiger partial charge in [-0.05, 0) is 36.0 Å². The van der Waals surface area contributed by atoms with Crippen LogP contribution in [-0.2, 0) is 21.2 Å². The summed E-state index contributed by atoms with van der Waals surface area (Å²) in [6.45, 7) is 0.292. The van der Waals surface area contributed by atoms with Crippen molar-refractivity contribution in [3.8, 4) is 0 Å². The summed E-state index contributed by atoms with van der Waals surface area (Å²) < 4.78 is 24.5. The molecular weight excluding hydrogens is 388 g/mol. The van der Waals surface area contributed by atoms with Crippen molar-refractivity contribution in [1.29, 1.82) is 0 Å². The average molecular weight is 409 g/mol. The van der Waals surface area contributed by atoms with Gasteiger partial charge in [0.2, 0.25) is 5.91 Å². The number of benzene rings is 1. The molecular formula is C19H21ClN2O4S. The van der Waals surface area contributed by atoms with Crippen molar-refractivity contribution < 1.29 is 13.2 Å². The van der Waals surface area contributed by atoms with Crippen LogP contribution < -0.4 is 10.9 Å². The minimum Gasteiger partial charge on any atom is -0.325 e. The van der Waals surface area contributed by atoms with Crippen LogP contribution in [0.25, 0.3) is 0 Å². The summed E-state index contributed by atoms with van der Waals surface area (Å²) in [5.74, 6) is -0.224. The molecule has 1 N–H and O–H groups in total. The van der Waals surface area contributed by atoms with E-state index in [2.05, 4.69) is 5.32 Å². The van der Waals surface area contributed by atoms with Crippen molar-refractivity contribution in [3.63, 3.8) is 0 Å². The van der Waals surface area contributed by atoms with Gasteiger partial charge in [0.05, 0.1) is 18.0 Å². The van der Waals surface area contributed by atoms with Crippen molar-refractivity contribution in [3.05, 3.63) is 63.5 Å². The molecule has 0 unspecified atom stereocenters. The van der Waals surface area contributed by atoms with E-state index in [9.17, 15) is 18.0 Å². The summed E-state index contributed by atoms with van der Waals surface area (Å²) >= 11 is 6.15. The van der Waals surface area contributed by atoms with Crippen LogP contribution in [0, 0.1) is 5.41 Å². The third-order valence-corrected chi connectivity index (χ3v) is 6.13. The van der Waals surface area contributed by atoms with Crippen LogP contribution in [0.15, 0.2) is 47.4 Å². The molecule has 1 fully saturated rings. The standard InChI is InChI=1S/C19H21ClN2O4S/c1-27(25,26)13-19(8-9-19)10-17(23)21-15-6-7-18(24)22(12-15)11-14-4-2-3-5-16(14)20/h2-7,12H,8-11,13H2,1H3,(H,21,23). The highest BCUT2D eigenvalue weighted by molar-refractivity contribution is 7.90. The summed E-state index contributed by atoms with van der Waals surface area (Å²) in [5, 5.41) is 3.33. The summed E-state index contributed by atoms with van der Waals surface area (Å²) in [6, 6.07) is 10.2. The maximum absolute atomic E-state index is 12.3. The number of nitrogens with one attached hydrogen (secondary N) is 1. The van der Waals surface area contributed by atoms with Crippen LogP contribution in [0.3, 0.4) is 0 Å². The summed E-state index contributed by atoms with van der Waals surface area (Å²) in [6.07, 6.45) is 4.39. The number of amides is 1. The lowest BCUT2D eigenvalue weighted by atomic mass is 10.1. The summed E-state index contributed by atoms with van der Waals surface area (Å²) in [5.41, 5.74) is 0.643. The molecule has 2 aromatic rings. The molecule has 1 amide bonds. The second kappa shape index (κ2) is 7.48. The lowest BCUT2D eigenvalue weighted by Crippen LogP contribution is -2.24. The highest BCUT2D eigenvalue weighted by atomic mass is 35.5. The van der Waals surface area contributed by atoms with Crippen LogP contribution in [0.4, 0.5) is 5.69 Å². The Morgan fingerprint density at radius 3 is 2.56 bits per heavy atom. The number of rotatable bonds is 7. The van der Waals surface area contributed by atoms with Gasteiger partial charge in [0.25, 0.3) is 5.56 Å². The molecule has 8 heteroatoms. The fraction of sp³-hybridized carbons (Fsp3) is 0.368. The predicted molar refractivity (Wildman–Crippen MR) is 106 cm³/mol. The Morgan fingerprint density at radius 2 is 1.93 bits per heavy atom. The molecule has 1 saturated carbocycles. The first-order valence-corrected chi connectivity index (χ1v) is 11.0. The minimum absolute atomic E-state index is 0.0272. The first-order chi connectivity index (χ1) is 12.7. The largest absolute Gasteiger partial charge is 0.325 e. The Bertz CT molecular complexity index is 1030. The van der Waals surface area contributed by atoms with E-state index in [1.54, 1.807) is 18.3 Å². The van der Waals surface area contributed by atoms with E-state index in [4.69, 9.17) is 11.6 Å². The van der Waals surface area contributed by atoms with E-state index >= 15 is 0 Å². The molecule has 0 atom stereocenters. The van der Waals surface area contributed by atoms with Crippen molar-refractivity contribution in [1.82, 2.24) is 4.57 Å². The van der Waals surface area contributed by atoms with Gasteiger partial charge >= 0.3 is 0 Å². The fourth-order valence-corrected chi connectivity index (χ4v) is 4.89. The van der Waals surface area contributed by atoms with Gasteiger partial charge in [-0.3, -0.25) is 9.59 Å². The third-order valence-electron chi connectivity index (χ3n) is 4.63. The summed E-state index contributed by atoms with van der Waals surface area (Å²) in [7, 11) is -3.13. The molecule has 1 heterocycles. The molecule has 1 aromatic heterocycles. The van der Waals surface area contributed by atoms with Gasteiger partial charge in [0, 0.05) is 30.0 Å². The van der Waals surface area contributed by atoms with Gasteiger partial charge < -0.3 is 9.88 Å². The normalized spacial score (nSPS) is 15.3. The van der Waals surface area contributed by atoms with E-state index in [-0.39, 0.29) is 23.6 Å². The van der Waals surface area contributed by atoms with Gasteiger partial charge in [-0.1, -0.05) is 29.8 Å². The Morgan fingerprint density at radius 1 is 1.22 bits per heavy atom. The molecule has 6 nitrogen and oxygen atoms in total. The van der Waals surface area contributed by atoms with E-state index in [1.807, 2.05) is 18.2 Å². The highest BCUT2D eigenvalue weighted by Crippen LogP contribution is 2.49. The van der Waals surface area contributed by atoms with Crippen LogP contribution in [-0.4, -0.2) is 30.9 Å². The van der Waals surface area contributed by atoms with Crippen LogP contribution in [0.5, 0.6) is 0 Å². The quantitative estimate of drug-likeness (QED) is 0.763. The zero-order valence-electron chi connectivity index (χ0n) is 14.9. The molecule has 0 aliphatic heterocycles. The van der Waals surface area contributed by atoms with E-state index in [0.29, 0.717) is 17.3 Å². The van der Waals surface area contributed by atoms with Crippen molar-refractivity contribution >= 4 is 33.0 Å². The number of pyridine rings is 1. The molecule has 144 valence electrons. The number of anilines is 1. The number of aromatic nitrogens is 1. The number of carbonyl (C=O) groups is 1. The van der Waals surface area contributed by atoms with Gasteiger partial charge in [0.1, 0.15) is 9.84 Å². The molecule has 1 aliphatic carbocycles. The molecule has 0 bridgehead atoms. The molecule has 0 spiro atoms. The van der Waals surface area contributed by atoms with Crippen molar-refractivity contribution in [2.45, 2.75) is 25.8 Å². The van der Waals surface area contributed by atoms with Gasteiger partial charge in [0.15, 0.2) is 0 Å². The first-order valence-electron chi connectivity index (χ1n) is 8.57. The fourth-order valence-electron chi connectivity index (χ4n) is 3.19. The van der Waals surface area contributed by atoms with Gasteiger partial charge in [-0.15, -0.1) is 0 Å². The van der Waals surface area contributed by atoms with Gasteiger partial charge in [-0.25, -0.2) is 8.42 Å². The second-order valence-corrected chi connectivity index (χ2v) is 9.82. The van der Waals surface area contributed by atoms with E-state index < -0.39 is 15.3 Å². The van der Waals surface area contributed by atoms with Gasteiger partial charge in [-0.2, -0.15) is 0 Å². The third kappa shape index (κ3) is 5.43. The second-order valence-electron chi connectivity index (χ2n) is 7.27. The van der Waals surface area contributed by atoms with Crippen LogP contribution in [0.1, 0.15) is 24.8 Å². The zero-order valence-corrected chi connectivity index (χ0v) is 16.5. The maximum atomic E-state index is 12.3. The lowest BCUT2D eigenvalue weighted by Gasteiger charge is -2.14. The predicted octanol–water partition coefficient (Wildman–Crippen LogP) is 2.70. The number of hydrogen-bond donors (Lipinski definition) is 1. The monoisotopic (exact) mass is 408 g/mol. The minimum atomic E-state index is -3.13. The lowest BCUT2D eigenvalue weighted by molar-refractivity contribution is -0.117. The van der Waals surface area contributed by atoms with Crippen molar-refractivity contribution in [2.24, 2.45) is 5.41 Å². The van der Waals surface area contributed by atoms with E-state index in [1.165, 1.54) is 16.9 Å². The number of halogens is 1. The topological polar surface area (TPSA) is 85.2 Å². The van der Waals surface area contributed by atoms with Crippen LogP contribution >= 0.6 is 11.6 Å². The average Bonchev–Trinajstić information content (AvgIpc) is 3.29. The molecule has 0 radical (unpaired) electrons. The molecule has 1 aliphatic rings. The number of hydrogen-bond acceptors (Lipinski definition) is 4. The van der Waals surface area contributed by atoms with E-state index in [0.717, 1.165) is 18.4 Å². The molecule has 27 heavy (non-hydrogen) atoms. The Kier molecular flexibility index (Phi) is 5.44. The molecule has 1 aromatic carbocycles. The Balaban J connectivity index is 1.70. The van der Waals surface area contributed by atoms with Crippen LogP contribution in [0.2, 0.25) is 5.02 Å². The summed E-state index contributed by atoms with van der Waals surface area (Å²) in [4.78, 5) is 24.5. The smallest absolute Gasteiger partial charge is 0.250 e. The zero-order chi connectivity index (χ0) is 19.7. The number of sulfone groups is 1. The molecule has 3 rings (SSSR count).